The highest BCUT2D eigenvalue weighted by Gasteiger charge is 2.26. The largest absolute Gasteiger partial charge is 0.410 e. The highest BCUT2D eigenvalue weighted by atomic mass is 32.1. The first kappa shape index (κ1) is 9.34. The van der Waals surface area contributed by atoms with Crippen LogP contribution in [0.25, 0.3) is 0 Å². The predicted molar refractivity (Wildman–Crippen MR) is 57.6 cm³/mol. The van der Waals surface area contributed by atoms with E-state index < -0.39 is 0 Å². The third kappa shape index (κ3) is 1.34. The minimum atomic E-state index is -0.326. The molecular weight excluding hydrogens is 196 g/mol. The van der Waals surface area contributed by atoms with Gasteiger partial charge in [0.25, 0.3) is 0 Å². The monoisotopic (exact) mass is 206 g/mol. The maximum atomic E-state index is 11.3. The molecule has 0 fully saturated rings. The average molecular weight is 206 g/mol. The van der Waals surface area contributed by atoms with Crippen molar-refractivity contribution in [2.45, 2.75) is 19.8 Å². The summed E-state index contributed by atoms with van der Waals surface area (Å²) in [7, 11) is 0. The molecule has 0 saturated heterocycles. The number of carbonyl (C=O) groups is 1. The molecule has 2 nitrogen and oxygen atoms in total. The van der Waals surface area contributed by atoms with Crippen LogP contribution in [0, 0.1) is 0 Å². The lowest BCUT2D eigenvalue weighted by atomic mass is 9.98. The quantitative estimate of drug-likeness (QED) is 0.522. The Morgan fingerprint density at radius 2 is 2.00 bits per heavy atom. The average Bonchev–Trinajstić information content (AvgIpc) is 2.42. The van der Waals surface area contributed by atoms with Gasteiger partial charge in [-0.15, -0.1) is 0 Å². The number of hydrogen-bond acceptors (Lipinski definition) is 3. The molecule has 0 N–H and O–H groups in total. The van der Waals surface area contributed by atoms with E-state index in [1.54, 1.807) is 0 Å². The Bertz CT molecular complexity index is 421. The second-order valence-corrected chi connectivity index (χ2v) is 4.01. The first-order valence-corrected chi connectivity index (χ1v) is 4.91. The van der Waals surface area contributed by atoms with Gasteiger partial charge in [0.15, 0.2) is 0 Å². The zero-order valence-corrected chi connectivity index (χ0v) is 8.85. The van der Waals surface area contributed by atoms with Gasteiger partial charge in [-0.25, -0.2) is 4.79 Å². The number of ether oxygens (including phenoxy) is 1. The summed E-state index contributed by atoms with van der Waals surface area (Å²) in [5, 5.41) is 0.292. The minimum Gasteiger partial charge on any atom is -0.410 e. The highest BCUT2D eigenvalue weighted by Crippen LogP contribution is 2.25. The summed E-state index contributed by atoms with van der Waals surface area (Å²) < 4.78 is 4.86. The summed E-state index contributed by atoms with van der Waals surface area (Å²) in [5.74, 6) is 0.0785. The van der Waals surface area contributed by atoms with Crippen LogP contribution in [0.2, 0.25) is 0 Å². The minimum absolute atomic E-state index is 0.292. The zero-order valence-electron chi connectivity index (χ0n) is 8.03. The summed E-state index contributed by atoms with van der Waals surface area (Å²) in [6, 6.07) is 5.71. The summed E-state index contributed by atoms with van der Waals surface area (Å²) in [4.78, 5) is 11.3. The van der Waals surface area contributed by atoms with Crippen LogP contribution in [-0.2, 0) is 4.74 Å². The summed E-state index contributed by atoms with van der Waals surface area (Å²) in [5.41, 5.74) is 2.47. The Morgan fingerprint density at radius 1 is 1.29 bits per heavy atom. The lowest BCUT2D eigenvalue weighted by Crippen LogP contribution is -1.96. The molecule has 1 aliphatic rings. The van der Waals surface area contributed by atoms with Crippen molar-refractivity contribution in [2.24, 2.45) is 0 Å². The van der Waals surface area contributed by atoms with Crippen LogP contribution in [0.3, 0.4) is 0 Å². The van der Waals surface area contributed by atoms with Gasteiger partial charge in [-0.2, -0.15) is 0 Å². The van der Waals surface area contributed by atoms with Crippen molar-refractivity contribution in [2.75, 3.05) is 0 Å². The van der Waals surface area contributed by atoms with Gasteiger partial charge in [0, 0.05) is 5.56 Å². The maximum Gasteiger partial charge on any atom is 0.345 e. The van der Waals surface area contributed by atoms with Crippen molar-refractivity contribution in [3.8, 4) is 0 Å². The number of thiocarbonyl (C=S) groups is 1. The standard InChI is InChI=1S/C11H10O2S/c1-6(2)7-3-4-8-9(5-7)10(12)13-11(8)14/h3-6H,1-2H3. The van der Waals surface area contributed by atoms with Crippen molar-refractivity contribution in [3.63, 3.8) is 0 Å². The molecule has 0 bridgehead atoms. The lowest BCUT2D eigenvalue weighted by Gasteiger charge is -2.05. The van der Waals surface area contributed by atoms with E-state index in [-0.39, 0.29) is 5.97 Å². The highest BCUT2D eigenvalue weighted by molar-refractivity contribution is 7.80. The van der Waals surface area contributed by atoms with Crippen LogP contribution >= 0.6 is 12.2 Å². The van der Waals surface area contributed by atoms with E-state index in [0.29, 0.717) is 16.5 Å². The Kier molecular flexibility index (Phi) is 2.11. The van der Waals surface area contributed by atoms with E-state index in [1.807, 2.05) is 18.2 Å². The molecule has 0 amide bonds. The van der Waals surface area contributed by atoms with Crippen LogP contribution in [0.1, 0.15) is 41.3 Å². The molecule has 0 unspecified atom stereocenters. The number of carbonyl (C=O) groups excluding carboxylic acids is 1. The molecule has 0 atom stereocenters. The fourth-order valence-electron chi connectivity index (χ4n) is 1.46. The molecule has 1 heterocycles. The smallest absolute Gasteiger partial charge is 0.345 e. The van der Waals surface area contributed by atoms with Crippen molar-refractivity contribution in [1.82, 2.24) is 0 Å². The number of benzene rings is 1. The van der Waals surface area contributed by atoms with Crippen molar-refractivity contribution >= 4 is 23.2 Å². The Morgan fingerprint density at radius 3 is 2.64 bits per heavy atom. The van der Waals surface area contributed by atoms with Crippen LogP contribution in [-0.4, -0.2) is 11.0 Å². The molecule has 2 rings (SSSR count). The molecule has 0 spiro atoms. The van der Waals surface area contributed by atoms with Gasteiger partial charge in [0.2, 0.25) is 5.05 Å². The third-order valence-corrected chi connectivity index (χ3v) is 2.64. The number of cyclic esters (lactones) is 1. The molecule has 0 radical (unpaired) electrons. The van der Waals surface area contributed by atoms with E-state index >= 15 is 0 Å². The summed E-state index contributed by atoms with van der Waals surface area (Å²) >= 11 is 4.92. The molecule has 0 aromatic heterocycles. The summed E-state index contributed by atoms with van der Waals surface area (Å²) in [6.07, 6.45) is 0. The van der Waals surface area contributed by atoms with E-state index in [0.717, 1.165) is 11.1 Å². The maximum absolute atomic E-state index is 11.3. The molecule has 72 valence electrons. The molecule has 0 saturated carbocycles. The molecule has 3 heteroatoms. The van der Waals surface area contributed by atoms with Crippen LogP contribution in [0.15, 0.2) is 18.2 Å². The second-order valence-electron chi connectivity index (χ2n) is 3.64. The van der Waals surface area contributed by atoms with Crippen molar-refractivity contribution in [3.05, 3.63) is 34.9 Å². The third-order valence-electron chi connectivity index (χ3n) is 2.34. The topological polar surface area (TPSA) is 26.3 Å². The molecule has 1 aromatic rings. The summed E-state index contributed by atoms with van der Waals surface area (Å²) in [6.45, 7) is 4.17. The van der Waals surface area contributed by atoms with Crippen LogP contribution < -0.4 is 0 Å². The van der Waals surface area contributed by atoms with Gasteiger partial charge in [-0.1, -0.05) is 19.9 Å². The molecule has 1 aromatic carbocycles. The van der Waals surface area contributed by atoms with Crippen LogP contribution in [0.5, 0.6) is 0 Å². The molecule has 1 aliphatic heterocycles. The van der Waals surface area contributed by atoms with E-state index in [2.05, 4.69) is 13.8 Å². The molecule has 14 heavy (non-hydrogen) atoms. The molecule has 0 aliphatic carbocycles. The Labute approximate surface area is 87.9 Å². The van der Waals surface area contributed by atoms with Gasteiger partial charge in [0.1, 0.15) is 0 Å². The lowest BCUT2D eigenvalue weighted by molar-refractivity contribution is 0.0741. The van der Waals surface area contributed by atoms with Gasteiger partial charge >= 0.3 is 5.97 Å². The van der Waals surface area contributed by atoms with E-state index in [1.165, 1.54) is 0 Å². The fourth-order valence-corrected chi connectivity index (χ4v) is 1.72. The Balaban J connectivity index is 2.55. The fraction of sp³-hybridized carbons (Fsp3) is 0.273. The first-order chi connectivity index (χ1) is 6.59. The number of hydrogen-bond donors (Lipinski definition) is 0. The number of fused-ring (bicyclic) bond motifs is 1. The Hall–Kier alpha value is -1.22. The predicted octanol–water partition coefficient (Wildman–Crippen LogP) is 2.66. The van der Waals surface area contributed by atoms with Crippen LogP contribution in [0.4, 0.5) is 0 Å². The zero-order chi connectivity index (χ0) is 10.3. The number of esters is 1. The van der Waals surface area contributed by atoms with Crippen molar-refractivity contribution < 1.29 is 9.53 Å². The van der Waals surface area contributed by atoms with E-state index in [4.69, 9.17) is 17.0 Å². The number of rotatable bonds is 1. The normalized spacial score (nSPS) is 14.5. The second kappa shape index (κ2) is 3.17. The van der Waals surface area contributed by atoms with Gasteiger partial charge in [-0.05, 0) is 35.8 Å². The van der Waals surface area contributed by atoms with Gasteiger partial charge < -0.3 is 4.74 Å². The van der Waals surface area contributed by atoms with E-state index in [9.17, 15) is 4.79 Å². The van der Waals surface area contributed by atoms with Crippen molar-refractivity contribution in [1.29, 1.82) is 0 Å². The molecular formula is C11H10O2S. The SMILES string of the molecule is CC(C)c1ccc2c(c1)C(=O)OC2=S. The van der Waals surface area contributed by atoms with Gasteiger partial charge in [0.05, 0.1) is 5.56 Å². The van der Waals surface area contributed by atoms with Gasteiger partial charge in [-0.3, -0.25) is 0 Å². The first-order valence-electron chi connectivity index (χ1n) is 4.50.